The number of nitrogens with zero attached hydrogens (tertiary/aromatic N) is 2. The molecule has 3 aromatic rings. The lowest BCUT2D eigenvalue weighted by Gasteiger charge is -2.34. The van der Waals surface area contributed by atoms with Crippen molar-refractivity contribution < 1.29 is 9.59 Å². The summed E-state index contributed by atoms with van der Waals surface area (Å²) in [4.78, 5) is 32.0. The molecule has 2 amide bonds. The van der Waals surface area contributed by atoms with E-state index in [0.29, 0.717) is 18.7 Å². The Morgan fingerprint density at radius 3 is 2.50 bits per heavy atom. The monoisotopic (exact) mass is 347 g/mol. The predicted octanol–water partition coefficient (Wildman–Crippen LogP) is 3.27. The molecule has 0 unspecified atom stereocenters. The van der Waals surface area contributed by atoms with Gasteiger partial charge in [-0.15, -0.1) is 0 Å². The van der Waals surface area contributed by atoms with Crippen molar-refractivity contribution in [2.45, 2.75) is 13.8 Å². The number of nitrogens with one attached hydrogen (secondary N) is 1. The average molecular weight is 347 g/mol. The zero-order valence-electron chi connectivity index (χ0n) is 15.0. The van der Waals surface area contributed by atoms with Gasteiger partial charge in [-0.05, 0) is 60.7 Å². The zero-order valence-corrected chi connectivity index (χ0v) is 15.0. The maximum Gasteiger partial charge on any atom is 0.254 e. The second-order valence-electron chi connectivity index (χ2n) is 6.90. The van der Waals surface area contributed by atoms with Crippen LogP contribution >= 0.6 is 0 Å². The predicted molar refractivity (Wildman–Crippen MR) is 102 cm³/mol. The van der Waals surface area contributed by atoms with Crippen LogP contribution in [0.5, 0.6) is 0 Å². The molecule has 0 aliphatic carbocycles. The number of hydrogen-bond acceptors (Lipinski definition) is 2. The molecule has 0 atom stereocenters. The summed E-state index contributed by atoms with van der Waals surface area (Å²) in [6.07, 6.45) is 1.85. The van der Waals surface area contributed by atoms with Gasteiger partial charge in [0.2, 0.25) is 5.91 Å². The van der Waals surface area contributed by atoms with Crippen molar-refractivity contribution in [3.8, 4) is 0 Å². The summed E-state index contributed by atoms with van der Waals surface area (Å²) >= 11 is 0. The van der Waals surface area contributed by atoms with Gasteiger partial charge in [-0.25, -0.2) is 0 Å². The number of amides is 2. The van der Waals surface area contributed by atoms with E-state index in [2.05, 4.69) is 11.1 Å². The normalized spacial score (nSPS) is 14.9. The number of aromatic amines is 1. The Bertz CT molecular complexity index is 985. The molecule has 0 spiro atoms. The molecule has 1 fully saturated rings. The SMILES string of the molecule is Cc1cc(C)cc(N2CCN(C(=O)c3ccc4cc[nH]c4c3)CC2=O)c1. The van der Waals surface area contributed by atoms with Gasteiger partial charge in [-0.3, -0.25) is 9.59 Å². The number of piperazine rings is 1. The van der Waals surface area contributed by atoms with E-state index in [0.717, 1.165) is 27.7 Å². The molecule has 1 N–H and O–H groups in total. The summed E-state index contributed by atoms with van der Waals surface area (Å²) in [7, 11) is 0. The average Bonchev–Trinajstić information content (AvgIpc) is 3.07. The van der Waals surface area contributed by atoms with E-state index in [1.54, 1.807) is 9.80 Å². The Hall–Kier alpha value is -3.08. The summed E-state index contributed by atoms with van der Waals surface area (Å²) in [6.45, 7) is 5.20. The van der Waals surface area contributed by atoms with Crippen LogP contribution in [0.1, 0.15) is 21.5 Å². The molecule has 4 rings (SSSR count). The van der Waals surface area contributed by atoms with Gasteiger partial charge in [0.05, 0.1) is 0 Å². The van der Waals surface area contributed by atoms with Crippen molar-refractivity contribution in [1.29, 1.82) is 0 Å². The van der Waals surface area contributed by atoms with Gasteiger partial charge in [-0.1, -0.05) is 12.1 Å². The lowest BCUT2D eigenvalue weighted by Crippen LogP contribution is -2.52. The van der Waals surface area contributed by atoms with Gasteiger partial charge >= 0.3 is 0 Å². The molecular weight excluding hydrogens is 326 g/mol. The molecule has 26 heavy (non-hydrogen) atoms. The Morgan fingerprint density at radius 2 is 1.77 bits per heavy atom. The van der Waals surface area contributed by atoms with Gasteiger partial charge in [0.15, 0.2) is 0 Å². The Kier molecular flexibility index (Phi) is 3.99. The highest BCUT2D eigenvalue weighted by molar-refractivity contribution is 6.03. The number of rotatable bonds is 2. The minimum absolute atomic E-state index is 0.0458. The third kappa shape index (κ3) is 2.96. The maximum absolute atomic E-state index is 12.8. The maximum atomic E-state index is 12.8. The van der Waals surface area contributed by atoms with E-state index < -0.39 is 0 Å². The highest BCUT2D eigenvalue weighted by Crippen LogP contribution is 2.22. The van der Waals surface area contributed by atoms with Crippen LogP contribution in [0.4, 0.5) is 5.69 Å². The zero-order chi connectivity index (χ0) is 18.3. The van der Waals surface area contributed by atoms with Crippen molar-refractivity contribution in [3.05, 3.63) is 65.4 Å². The fourth-order valence-corrected chi connectivity index (χ4v) is 3.59. The van der Waals surface area contributed by atoms with E-state index in [9.17, 15) is 9.59 Å². The van der Waals surface area contributed by atoms with Crippen LogP contribution < -0.4 is 4.90 Å². The van der Waals surface area contributed by atoms with E-state index in [1.807, 2.05) is 56.4 Å². The third-order valence-electron chi connectivity index (χ3n) is 4.83. The number of aryl methyl sites for hydroxylation is 2. The number of anilines is 1. The summed E-state index contributed by atoms with van der Waals surface area (Å²) in [5.41, 5.74) is 4.70. The first-order chi connectivity index (χ1) is 12.5. The number of H-pyrrole nitrogens is 1. The second-order valence-corrected chi connectivity index (χ2v) is 6.90. The third-order valence-corrected chi connectivity index (χ3v) is 4.83. The number of fused-ring (bicyclic) bond motifs is 1. The molecule has 2 heterocycles. The molecule has 1 aliphatic rings. The van der Waals surface area contributed by atoms with Crippen molar-refractivity contribution in [2.24, 2.45) is 0 Å². The van der Waals surface area contributed by atoms with Crippen LogP contribution in [0.3, 0.4) is 0 Å². The van der Waals surface area contributed by atoms with Crippen LogP contribution in [-0.2, 0) is 4.79 Å². The summed E-state index contributed by atoms with van der Waals surface area (Å²) in [5, 5.41) is 1.07. The van der Waals surface area contributed by atoms with Crippen LogP contribution in [0.2, 0.25) is 0 Å². The Balaban J connectivity index is 1.52. The number of hydrogen-bond donors (Lipinski definition) is 1. The summed E-state index contributed by atoms with van der Waals surface area (Å²) < 4.78 is 0. The first-order valence-electron chi connectivity index (χ1n) is 8.76. The van der Waals surface area contributed by atoms with Crippen molar-refractivity contribution in [1.82, 2.24) is 9.88 Å². The fraction of sp³-hybridized carbons (Fsp3) is 0.238. The summed E-state index contributed by atoms with van der Waals surface area (Å²) in [6, 6.07) is 13.7. The fourth-order valence-electron chi connectivity index (χ4n) is 3.59. The van der Waals surface area contributed by atoms with E-state index in [-0.39, 0.29) is 18.4 Å². The second kappa shape index (κ2) is 6.33. The van der Waals surface area contributed by atoms with E-state index in [4.69, 9.17) is 0 Å². The molecule has 0 saturated carbocycles. The van der Waals surface area contributed by atoms with Crippen LogP contribution in [0.25, 0.3) is 10.9 Å². The molecule has 1 aromatic heterocycles. The highest BCUT2D eigenvalue weighted by Gasteiger charge is 2.28. The summed E-state index contributed by atoms with van der Waals surface area (Å²) in [5.74, 6) is -0.148. The molecule has 0 bridgehead atoms. The van der Waals surface area contributed by atoms with Crippen molar-refractivity contribution in [3.63, 3.8) is 0 Å². The van der Waals surface area contributed by atoms with Gasteiger partial charge in [0, 0.05) is 36.1 Å². The molecule has 132 valence electrons. The Labute approximate surface area is 152 Å². The Morgan fingerprint density at radius 1 is 1.00 bits per heavy atom. The first-order valence-corrected chi connectivity index (χ1v) is 8.76. The van der Waals surface area contributed by atoms with Crippen molar-refractivity contribution in [2.75, 3.05) is 24.5 Å². The lowest BCUT2D eigenvalue weighted by atomic mass is 10.1. The number of benzene rings is 2. The molecule has 5 heteroatoms. The van der Waals surface area contributed by atoms with Gasteiger partial charge in [0.1, 0.15) is 6.54 Å². The molecular formula is C21H21N3O2. The van der Waals surface area contributed by atoms with Gasteiger partial charge in [-0.2, -0.15) is 0 Å². The largest absolute Gasteiger partial charge is 0.361 e. The number of aromatic nitrogens is 1. The molecule has 0 radical (unpaired) electrons. The lowest BCUT2D eigenvalue weighted by molar-refractivity contribution is -0.120. The smallest absolute Gasteiger partial charge is 0.254 e. The van der Waals surface area contributed by atoms with Crippen LogP contribution in [0, 0.1) is 13.8 Å². The molecule has 2 aromatic carbocycles. The number of carbonyl (C=O) groups is 2. The van der Waals surface area contributed by atoms with Gasteiger partial charge in [0.25, 0.3) is 5.91 Å². The van der Waals surface area contributed by atoms with Crippen LogP contribution in [0.15, 0.2) is 48.7 Å². The molecule has 5 nitrogen and oxygen atoms in total. The van der Waals surface area contributed by atoms with Crippen LogP contribution in [-0.4, -0.2) is 41.3 Å². The molecule has 1 saturated heterocycles. The number of carbonyl (C=O) groups excluding carboxylic acids is 2. The standard InChI is InChI=1S/C21H21N3O2/c1-14-9-15(2)11-18(10-14)24-8-7-23(13-20(24)25)21(26)17-4-3-16-5-6-22-19(16)12-17/h3-6,9-12,22H,7-8,13H2,1-2H3. The topological polar surface area (TPSA) is 56.4 Å². The minimum Gasteiger partial charge on any atom is -0.361 e. The highest BCUT2D eigenvalue weighted by atomic mass is 16.2. The quantitative estimate of drug-likeness (QED) is 0.773. The van der Waals surface area contributed by atoms with E-state index >= 15 is 0 Å². The van der Waals surface area contributed by atoms with Gasteiger partial charge < -0.3 is 14.8 Å². The first kappa shape index (κ1) is 16.4. The van der Waals surface area contributed by atoms with Crippen molar-refractivity contribution >= 4 is 28.4 Å². The molecule has 1 aliphatic heterocycles. The van der Waals surface area contributed by atoms with E-state index in [1.165, 1.54) is 0 Å². The minimum atomic E-state index is -0.102.